The molecular weight excluding hydrogens is 318 g/mol. The number of aliphatic hydroxyl groups is 5. The van der Waals surface area contributed by atoms with Crippen molar-refractivity contribution in [3.05, 3.63) is 4.91 Å². The maximum absolute atomic E-state index is 9.93. The van der Waals surface area contributed by atoms with E-state index in [-0.39, 0.29) is 19.4 Å². The van der Waals surface area contributed by atoms with E-state index in [4.69, 9.17) is 15.7 Å². The first-order valence-corrected chi connectivity index (χ1v) is 8.31. The molecule has 0 radical (unpaired) electrons. The summed E-state index contributed by atoms with van der Waals surface area (Å²) in [6.45, 7) is 3.26. The highest BCUT2D eigenvalue weighted by Gasteiger charge is 2.19. The molecule has 24 heavy (non-hydrogen) atoms. The minimum atomic E-state index is -0.749. The number of hydrogen-bond donors (Lipinski definition) is 6. The molecule has 4 atom stereocenters. The monoisotopic (exact) mass is 353 g/mol. The lowest BCUT2D eigenvalue weighted by Crippen LogP contribution is -2.42. The summed E-state index contributed by atoms with van der Waals surface area (Å²) in [5, 5.41) is 49.9. The van der Waals surface area contributed by atoms with Crippen LogP contribution in [0, 0.1) is 4.91 Å². The van der Waals surface area contributed by atoms with Crippen LogP contribution in [0.4, 0.5) is 0 Å². The number of nitrogens with zero attached hydrogens (tertiary/aromatic N) is 2. The van der Waals surface area contributed by atoms with Crippen molar-refractivity contribution in [3.8, 4) is 0 Å². The molecule has 0 aliphatic heterocycles. The van der Waals surface area contributed by atoms with Gasteiger partial charge in [0.05, 0.1) is 31.5 Å². The van der Waals surface area contributed by atoms with Gasteiger partial charge < -0.3 is 31.3 Å². The van der Waals surface area contributed by atoms with Gasteiger partial charge in [-0.05, 0) is 12.8 Å². The Morgan fingerprint density at radius 1 is 1.00 bits per heavy atom. The Kier molecular flexibility index (Phi) is 18.3. The molecule has 0 spiro atoms. The zero-order chi connectivity index (χ0) is 19.0. The highest BCUT2D eigenvalue weighted by molar-refractivity contribution is 4.73. The second-order valence-electron chi connectivity index (χ2n) is 5.74. The molecule has 0 heterocycles. The van der Waals surface area contributed by atoms with Crippen molar-refractivity contribution in [1.82, 2.24) is 4.90 Å². The smallest absolute Gasteiger partial charge is 0.0700 e. The quantitative estimate of drug-likeness (QED) is 0.222. The van der Waals surface area contributed by atoms with Gasteiger partial charge >= 0.3 is 0 Å². The first kappa shape index (κ1) is 25.6. The predicted octanol–water partition coefficient (Wildman–Crippen LogP) is -1.35. The normalized spacial score (nSPS) is 16.0. The summed E-state index contributed by atoms with van der Waals surface area (Å²) in [6.07, 6.45) is -1.41. The Balaban J connectivity index is 0. The molecule has 0 aromatic rings. The van der Waals surface area contributed by atoms with E-state index in [1.807, 2.05) is 11.8 Å². The Morgan fingerprint density at radius 3 is 1.83 bits per heavy atom. The lowest BCUT2D eigenvalue weighted by Gasteiger charge is -2.28. The minimum absolute atomic E-state index is 0.117. The summed E-state index contributed by atoms with van der Waals surface area (Å²) in [6, 6.07) is 0. The number of rotatable bonds is 13. The van der Waals surface area contributed by atoms with Crippen LogP contribution in [0.25, 0.3) is 0 Å². The van der Waals surface area contributed by atoms with Crippen molar-refractivity contribution in [1.29, 1.82) is 0 Å². The number of nitroso groups, excluding NO2 is 1. The number of hydrogen-bond acceptors (Lipinski definition) is 9. The molecule has 0 aliphatic rings. The van der Waals surface area contributed by atoms with Gasteiger partial charge in [-0.25, -0.2) is 0 Å². The molecule has 0 aliphatic carbocycles. The van der Waals surface area contributed by atoms with E-state index < -0.39 is 24.4 Å². The number of aliphatic hydroxyl groups excluding tert-OH is 5. The average Bonchev–Trinajstić information content (AvgIpc) is 2.47. The summed E-state index contributed by atoms with van der Waals surface area (Å²) in [7, 11) is 1.19. The summed E-state index contributed by atoms with van der Waals surface area (Å²) >= 11 is 0. The summed E-state index contributed by atoms with van der Waals surface area (Å²) < 4.78 is 0. The van der Waals surface area contributed by atoms with Crippen molar-refractivity contribution >= 4 is 0 Å². The van der Waals surface area contributed by atoms with Gasteiger partial charge in [-0.15, -0.1) is 0 Å². The Labute approximate surface area is 144 Å². The molecule has 3 unspecified atom stereocenters. The second kappa shape index (κ2) is 17.2. The van der Waals surface area contributed by atoms with E-state index in [1.54, 1.807) is 0 Å². The van der Waals surface area contributed by atoms with Crippen LogP contribution in [0.15, 0.2) is 5.18 Å². The highest BCUT2D eigenvalue weighted by atomic mass is 16.3. The van der Waals surface area contributed by atoms with E-state index in [0.29, 0.717) is 39.0 Å². The Morgan fingerprint density at radius 2 is 1.46 bits per heavy atom. The van der Waals surface area contributed by atoms with Crippen molar-refractivity contribution in [2.45, 2.75) is 57.0 Å². The lowest BCUT2D eigenvalue weighted by atomic mass is 10.1. The van der Waals surface area contributed by atoms with Crippen LogP contribution in [0.2, 0.25) is 0 Å². The zero-order valence-corrected chi connectivity index (χ0v) is 14.8. The van der Waals surface area contributed by atoms with Crippen molar-refractivity contribution < 1.29 is 25.5 Å². The SMILES string of the molecule is CCC(O)C[C@@H](O)CN(CCN)CC(O)CC(O)CCO.CN=O. The maximum atomic E-state index is 9.93. The molecule has 0 saturated carbocycles. The van der Waals surface area contributed by atoms with Gasteiger partial charge in [0.15, 0.2) is 0 Å². The van der Waals surface area contributed by atoms with Gasteiger partial charge in [-0.2, -0.15) is 4.91 Å². The van der Waals surface area contributed by atoms with Crippen LogP contribution in [0.5, 0.6) is 0 Å². The molecule has 0 bridgehead atoms. The highest BCUT2D eigenvalue weighted by Crippen LogP contribution is 2.08. The van der Waals surface area contributed by atoms with Gasteiger partial charge in [-0.3, -0.25) is 4.90 Å². The van der Waals surface area contributed by atoms with Crippen LogP contribution >= 0.6 is 0 Å². The molecule has 0 rings (SSSR count). The largest absolute Gasteiger partial charge is 0.396 e. The van der Waals surface area contributed by atoms with Gasteiger partial charge in [0.25, 0.3) is 0 Å². The van der Waals surface area contributed by atoms with Crippen molar-refractivity contribution in [2.24, 2.45) is 10.9 Å². The molecule has 0 amide bonds. The molecule has 0 saturated heterocycles. The fraction of sp³-hybridized carbons (Fsp3) is 1.00. The molecule has 9 heteroatoms. The maximum Gasteiger partial charge on any atom is 0.0700 e. The molecule has 146 valence electrons. The van der Waals surface area contributed by atoms with E-state index in [9.17, 15) is 20.4 Å². The third kappa shape index (κ3) is 16.2. The van der Waals surface area contributed by atoms with Gasteiger partial charge in [0.2, 0.25) is 0 Å². The topological polar surface area (TPSA) is 160 Å². The molecule has 0 aromatic carbocycles. The standard InChI is InChI=1S/C14H32N2O5.CH3NO/c1-2-11(18)7-13(20)9-16(5-4-15)10-14(21)8-12(19)3-6-17;1-2-3/h11-14,17-21H,2-10,15H2,1H3;1H3/t11?,12?,13-,14?;/m1./s1. The van der Waals surface area contributed by atoms with Gasteiger partial charge in [0, 0.05) is 45.6 Å². The minimum Gasteiger partial charge on any atom is -0.396 e. The Bertz CT molecular complexity index is 286. The fourth-order valence-corrected chi connectivity index (χ4v) is 2.25. The van der Waals surface area contributed by atoms with Crippen molar-refractivity contribution in [3.63, 3.8) is 0 Å². The molecule has 0 fully saturated rings. The predicted molar refractivity (Wildman–Crippen MR) is 92.5 cm³/mol. The van der Waals surface area contributed by atoms with Crippen LogP contribution < -0.4 is 5.73 Å². The second-order valence-corrected chi connectivity index (χ2v) is 5.74. The third-order valence-electron chi connectivity index (χ3n) is 3.41. The van der Waals surface area contributed by atoms with E-state index in [1.165, 1.54) is 7.05 Å². The summed E-state index contributed by atoms with van der Waals surface area (Å²) in [5.41, 5.74) is 5.52. The lowest BCUT2D eigenvalue weighted by molar-refractivity contribution is 0.0202. The zero-order valence-electron chi connectivity index (χ0n) is 14.8. The van der Waals surface area contributed by atoms with Crippen LogP contribution in [0.1, 0.15) is 32.6 Å². The van der Waals surface area contributed by atoms with E-state index >= 15 is 0 Å². The summed E-state index contributed by atoms with van der Waals surface area (Å²) in [4.78, 5) is 10.4. The van der Waals surface area contributed by atoms with Crippen LogP contribution in [-0.4, -0.2) is 94.7 Å². The number of nitrogens with two attached hydrogens (primary N) is 1. The average molecular weight is 353 g/mol. The molecule has 7 N–H and O–H groups in total. The first-order valence-electron chi connectivity index (χ1n) is 8.31. The van der Waals surface area contributed by atoms with Gasteiger partial charge in [-0.1, -0.05) is 12.1 Å². The van der Waals surface area contributed by atoms with E-state index in [0.717, 1.165) is 0 Å². The van der Waals surface area contributed by atoms with Crippen LogP contribution in [-0.2, 0) is 0 Å². The Hall–Kier alpha value is -0.680. The van der Waals surface area contributed by atoms with E-state index in [2.05, 4.69) is 5.18 Å². The molecule has 9 nitrogen and oxygen atoms in total. The molecule has 0 aromatic heterocycles. The van der Waals surface area contributed by atoms with Gasteiger partial charge in [0.1, 0.15) is 0 Å². The first-order chi connectivity index (χ1) is 11.3. The molecular formula is C15H35N3O6. The van der Waals surface area contributed by atoms with Crippen LogP contribution in [0.3, 0.4) is 0 Å². The van der Waals surface area contributed by atoms with Crippen molar-refractivity contribution in [2.75, 3.05) is 39.8 Å². The fourth-order valence-electron chi connectivity index (χ4n) is 2.25. The summed E-state index contributed by atoms with van der Waals surface area (Å²) in [5.74, 6) is 0. The third-order valence-corrected chi connectivity index (χ3v) is 3.41.